The number of hydrogen-bond acceptors (Lipinski definition) is 5. The van der Waals surface area contributed by atoms with Crippen molar-refractivity contribution in [3.63, 3.8) is 0 Å². The molecule has 1 saturated carbocycles. The number of rotatable bonds is 2. The monoisotopic (exact) mass is 273 g/mol. The number of hydrogen-bond donors (Lipinski definition) is 1. The summed E-state index contributed by atoms with van der Waals surface area (Å²) in [6.07, 6.45) is 6.66. The number of likely N-dealkylation sites (tertiary alicyclic amines) is 1. The summed E-state index contributed by atoms with van der Waals surface area (Å²) in [6.45, 7) is 0.661. The topological polar surface area (TPSA) is 83.6 Å². The minimum absolute atomic E-state index is 0.0884. The summed E-state index contributed by atoms with van der Waals surface area (Å²) in [5.41, 5.74) is -0.677. The molecule has 1 saturated heterocycles. The fraction of sp³-hybridized carbons (Fsp3) is 0.538. The van der Waals surface area contributed by atoms with E-state index in [2.05, 4.69) is 15.1 Å². The van der Waals surface area contributed by atoms with Crippen molar-refractivity contribution in [3.8, 4) is 0 Å². The second-order valence-corrected chi connectivity index (χ2v) is 5.56. The molecule has 0 radical (unpaired) electrons. The minimum Gasteiger partial charge on any atom is -0.388 e. The van der Waals surface area contributed by atoms with Crippen molar-refractivity contribution in [2.75, 3.05) is 6.54 Å². The Morgan fingerprint density at radius 2 is 2.30 bits per heavy atom. The summed E-state index contributed by atoms with van der Waals surface area (Å²) in [6, 6.07) is 1.65. The number of aromatic nitrogens is 4. The van der Waals surface area contributed by atoms with Crippen LogP contribution in [0.5, 0.6) is 0 Å². The normalized spacial score (nSPS) is 24.2. The molecule has 1 atom stereocenters. The highest BCUT2D eigenvalue weighted by Crippen LogP contribution is 2.44. The highest BCUT2D eigenvalue weighted by molar-refractivity contribution is 5.91. The predicted octanol–water partition coefficient (Wildman–Crippen LogP) is 0.254. The maximum absolute atomic E-state index is 12.6. The van der Waals surface area contributed by atoms with Gasteiger partial charge in [-0.2, -0.15) is 4.98 Å². The van der Waals surface area contributed by atoms with Crippen LogP contribution in [0, 0.1) is 0 Å². The summed E-state index contributed by atoms with van der Waals surface area (Å²) in [5, 5.41) is 14.4. The summed E-state index contributed by atoms with van der Waals surface area (Å²) < 4.78 is 1.49. The molecule has 1 unspecified atom stereocenters. The van der Waals surface area contributed by atoms with E-state index in [1.165, 1.54) is 4.52 Å². The fourth-order valence-electron chi connectivity index (χ4n) is 2.98. The van der Waals surface area contributed by atoms with E-state index >= 15 is 0 Å². The number of carbonyl (C=O) groups is 1. The van der Waals surface area contributed by atoms with Gasteiger partial charge in [-0.3, -0.25) is 4.79 Å². The third-order valence-corrected chi connectivity index (χ3v) is 4.20. The molecule has 1 amide bonds. The third kappa shape index (κ3) is 1.70. The number of aliphatic hydroxyl groups is 1. The van der Waals surface area contributed by atoms with Crippen molar-refractivity contribution < 1.29 is 9.90 Å². The van der Waals surface area contributed by atoms with Gasteiger partial charge in [0.2, 0.25) is 5.82 Å². The average molecular weight is 273 g/mol. The van der Waals surface area contributed by atoms with Crippen molar-refractivity contribution in [2.24, 2.45) is 0 Å². The number of carbonyl (C=O) groups excluding carboxylic acids is 1. The van der Waals surface area contributed by atoms with Crippen LogP contribution in [0.1, 0.15) is 36.3 Å². The SMILES string of the molecule is O=C(c1nc2ncccn2n1)N1CCCC1C1(O)CC1. The second kappa shape index (κ2) is 3.99. The Hall–Kier alpha value is -2.02. The van der Waals surface area contributed by atoms with E-state index in [-0.39, 0.29) is 17.8 Å². The van der Waals surface area contributed by atoms with E-state index in [4.69, 9.17) is 0 Å². The molecule has 2 aromatic rings. The van der Waals surface area contributed by atoms with E-state index in [0.717, 1.165) is 25.7 Å². The Morgan fingerprint density at radius 3 is 3.05 bits per heavy atom. The van der Waals surface area contributed by atoms with Crippen LogP contribution in [-0.2, 0) is 0 Å². The summed E-state index contributed by atoms with van der Waals surface area (Å²) in [4.78, 5) is 22.5. The zero-order valence-electron chi connectivity index (χ0n) is 10.9. The van der Waals surface area contributed by atoms with Crippen molar-refractivity contribution >= 4 is 11.7 Å². The Morgan fingerprint density at radius 1 is 1.45 bits per heavy atom. The molecule has 1 aliphatic carbocycles. The van der Waals surface area contributed by atoms with Gasteiger partial charge < -0.3 is 10.0 Å². The smallest absolute Gasteiger partial charge is 0.293 e. The van der Waals surface area contributed by atoms with Gasteiger partial charge in [-0.15, -0.1) is 5.10 Å². The fourth-order valence-corrected chi connectivity index (χ4v) is 2.98. The Labute approximate surface area is 115 Å². The molecule has 0 aromatic carbocycles. The van der Waals surface area contributed by atoms with Gasteiger partial charge >= 0.3 is 0 Å². The molecule has 7 heteroatoms. The molecule has 1 aliphatic heterocycles. The van der Waals surface area contributed by atoms with Crippen molar-refractivity contribution in [3.05, 3.63) is 24.3 Å². The summed E-state index contributed by atoms with van der Waals surface area (Å²) in [5.74, 6) is 0.356. The second-order valence-electron chi connectivity index (χ2n) is 5.56. The highest BCUT2D eigenvalue weighted by atomic mass is 16.3. The quantitative estimate of drug-likeness (QED) is 0.848. The molecular formula is C13H15N5O2. The van der Waals surface area contributed by atoms with E-state index in [9.17, 15) is 9.90 Å². The first-order valence-corrected chi connectivity index (χ1v) is 6.88. The van der Waals surface area contributed by atoms with Crippen LogP contribution in [0.3, 0.4) is 0 Å². The van der Waals surface area contributed by atoms with Crippen LogP contribution < -0.4 is 0 Å². The molecule has 2 fully saturated rings. The lowest BCUT2D eigenvalue weighted by Gasteiger charge is -2.27. The van der Waals surface area contributed by atoms with Crippen molar-refractivity contribution in [2.45, 2.75) is 37.3 Å². The van der Waals surface area contributed by atoms with Gasteiger partial charge in [0.05, 0.1) is 11.6 Å². The van der Waals surface area contributed by atoms with Crippen LogP contribution in [-0.4, -0.2) is 53.7 Å². The lowest BCUT2D eigenvalue weighted by atomic mass is 10.1. The van der Waals surface area contributed by atoms with E-state index in [1.807, 2.05) is 0 Å². The van der Waals surface area contributed by atoms with Crippen LogP contribution in [0.25, 0.3) is 5.78 Å². The third-order valence-electron chi connectivity index (χ3n) is 4.20. The largest absolute Gasteiger partial charge is 0.388 e. The molecule has 104 valence electrons. The Bertz CT molecular complexity index is 645. The maximum Gasteiger partial charge on any atom is 0.293 e. The standard InChI is InChI=1S/C13H15N5O2/c19-11(10-15-12-14-6-2-8-18(12)16-10)17-7-1-3-9(17)13(20)4-5-13/h2,6,8-9,20H,1,3-5,7H2. The van der Waals surface area contributed by atoms with Crippen molar-refractivity contribution in [1.82, 2.24) is 24.5 Å². The number of fused-ring (bicyclic) bond motifs is 1. The lowest BCUT2D eigenvalue weighted by Crippen LogP contribution is -2.44. The molecule has 3 heterocycles. The predicted molar refractivity (Wildman–Crippen MR) is 69.0 cm³/mol. The first kappa shape index (κ1) is 11.8. The van der Waals surface area contributed by atoms with Gasteiger partial charge in [-0.05, 0) is 31.7 Å². The lowest BCUT2D eigenvalue weighted by molar-refractivity contribution is 0.0378. The molecule has 0 spiro atoms. The van der Waals surface area contributed by atoms with Gasteiger partial charge in [0.25, 0.3) is 11.7 Å². The zero-order valence-corrected chi connectivity index (χ0v) is 10.9. The Kier molecular flexibility index (Phi) is 2.35. The summed E-state index contributed by atoms with van der Waals surface area (Å²) in [7, 11) is 0. The van der Waals surface area contributed by atoms with Crippen LogP contribution in [0.2, 0.25) is 0 Å². The number of amides is 1. The van der Waals surface area contributed by atoms with E-state index < -0.39 is 5.60 Å². The Balaban J connectivity index is 1.66. The van der Waals surface area contributed by atoms with Gasteiger partial charge in [0, 0.05) is 18.9 Å². The first-order valence-electron chi connectivity index (χ1n) is 6.88. The van der Waals surface area contributed by atoms with Gasteiger partial charge in [-0.1, -0.05) is 0 Å². The highest BCUT2D eigenvalue weighted by Gasteiger charge is 2.53. The molecule has 7 nitrogen and oxygen atoms in total. The average Bonchev–Trinajstić information content (AvgIpc) is 2.95. The van der Waals surface area contributed by atoms with Gasteiger partial charge in [-0.25, -0.2) is 9.50 Å². The summed E-state index contributed by atoms with van der Waals surface area (Å²) >= 11 is 0. The molecule has 20 heavy (non-hydrogen) atoms. The van der Waals surface area contributed by atoms with Crippen molar-refractivity contribution in [1.29, 1.82) is 0 Å². The molecular weight excluding hydrogens is 258 g/mol. The van der Waals surface area contributed by atoms with E-state index in [0.29, 0.717) is 12.3 Å². The molecule has 4 rings (SSSR count). The van der Waals surface area contributed by atoms with Gasteiger partial charge in [0.15, 0.2) is 0 Å². The molecule has 2 aliphatic rings. The molecule has 0 bridgehead atoms. The molecule has 2 aromatic heterocycles. The van der Waals surface area contributed by atoms with Gasteiger partial charge in [0.1, 0.15) is 0 Å². The maximum atomic E-state index is 12.6. The van der Waals surface area contributed by atoms with Crippen LogP contribution in [0.4, 0.5) is 0 Å². The number of nitrogens with zero attached hydrogens (tertiary/aromatic N) is 5. The van der Waals surface area contributed by atoms with E-state index in [1.54, 1.807) is 23.4 Å². The van der Waals surface area contributed by atoms with Crippen LogP contribution >= 0.6 is 0 Å². The molecule has 1 N–H and O–H groups in total. The first-order chi connectivity index (χ1) is 9.67. The minimum atomic E-state index is -0.677. The zero-order chi connectivity index (χ0) is 13.7. The van der Waals surface area contributed by atoms with Crippen LogP contribution in [0.15, 0.2) is 18.5 Å².